The topological polar surface area (TPSA) is 218 Å². The molecule has 2 aromatic carbocycles. The number of rotatable bonds is 13. The summed E-state index contributed by atoms with van der Waals surface area (Å²) in [5.74, 6) is -4.15. The number of likely N-dealkylation sites (N-methyl/N-ethyl adjacent to an activating group) is 1. The van der Waals surface area contributed by atoms with Crippen molar-refractivity contribution in [1.29, 1.82) is 0 Å². The first-order chi connectivity index (χ1) is 26.4. The summed E-state index contributed by atoms with van der Waals surface area (Å²) in [5.41, 5.74) is -0.134. The van der Waals surface area contributed by atoms with E-state index in [9.17, 15) is 33.9 Å². The van der Waals surface area contributed by atoms with E-state index < -0.39 is 65.0 Å². The maximum atomic E-state index is 14.4. The number of aromatic nitrogens is 4. The van der Waals surface area contributed by atoms with Gasteiger partial charge in [-0.2, -0.15) is 0 Å². The Morgan fingerprint density at radius 3 is 2.25 bits per heavy atom. The molecular formula is C35H39N9O9S2. The molecule has 0 radical (unpaired) electrons. The highest BCUT2D eigenvalue weighted by molar-refractivity contribution is 8.01. The highest BCUT2D eigenvalue weighted by Crippen LogP contribution is 2.48. The molecule has 0 unspecified atom stereocenters. The van der Waals surface area contributed by atoms with Crippen molar-refractivity contribution in [2.75, 3.05) is 38.2 Å². The molecule has 0 bridgehead atoms. The minimum Gasteiger partial charge on any atom is -0.448 e. The highest BCUT2D eigenvalue weighted by Gasteiger charge is 2.67. The number of methoxy groups -OCH3 is 1. The Labute approximate surface area is 323 Å². The number of esters is 1. The van der Waals surface area contributed by atoms with E-state index in [1.807, 2.05) is 60.7 Å². The number of urea groups is 1. The summed E-state index contributed by atoms with van der Waals surface area (Å²) in [6.45, 7) is 3.18. The summed E-state index contributed by atoms with van der Waals surface area (Å²) in [6, 6.07) is 15.5. The van der Waals surface area contributed by atoms with Gasteiger partial charge in [0.15, 0.2) is 6.10 Å². The van der Waals surface area contributed by atoms with Gasteiger partial charge in [0.2, 0.25) is 11.1 Å². The van der Waals surface area contributed by atoms with Crippen LogP contribution >= 0.6 is 23.5 Å². The molecule has 4 heterocycles. The molecular weight excluding hydrogens is 755 g/mol. The van der Waals surface area contributed by atoms with Gasteiger partial charge in [0, 0.05) is 45.3 Å². The Morgan fingerprint density at radius 2 is 1.69 bits per heavy atom. The number of aliphatic hydroxyl groups is 1. The van der Waals surface area contributed by atoms with Crippen molar-refractivity contribution >= 4 is 59.2 Å². The van der Waals surface area contributed by atoms with E-state index in [0.717, 1.165) is 0 Å². The second-order valence-corrected chi connectivity index (χ2v) is 14.7. The molecule has 2 saturated heterocycles. The predicted octanol–water partition coefficient (Wildman–Crippen LogP) is 0.413. The number of tetrazole rings is 1. The Hall–Kier alpha value is -5.31. The molecule has 1 aromatic heterocycles. The van der Waals surface area contributed by atoms with Gasteiger partial charge in [-0.1, -0.05) is 72.4 Å². The number of fused-ring (bicyclic) bond motifs is 1. The number of aryl methyl sites for hydroxylation is 1. The van der Waals surface area contributed by atoms with Crippen LogP contribution in [0.1, 0.15) is 31.1 Å². The second-order valence-electron chi connectivity index (χ2n) is 12.7. The lowest BCUT2D eigenvalue weighted by Crippen LogP contribution is -2.81. The number of carbonyl (C=O) groups is 6. The van der Waals surface area contributed by atoms with Crippen LogP contribution in [0.3, 0.4) is 0 Å². The zero-order valence-electron chi connectivity index (χ0n) is 30.3. The first-order valence-corrected chi connectivity index (χ1v) is 19.2. The Kier molecular flexibility index (Phi) is 11.9. The van der Waals surface area contributed by atoms with Crippen molar-refractivity contribution < 1.29 is 43.3 Å². The lowest BCUT2D eigenvalue weighted by atomic mass is 9.97. The number of nitrogens with one attached hydrogen (secondary N) is 2. The fourth-order valence-corrected chi connectivity index (χ4v) is 8.76. The third-order valence-electron chi connectivity index (χ3n) is 9.30. The van der Waals surface area contributed by atoms with Crippen LogP contribution in [-0.4, -0.2) is 137 Å². The number of aliphatic hydroxyl groups excluding tert-OH is 1. The quantitative estimate of drug-likeness (QED) is 0.0703. The maximum Gasteiger partial charge on any atom is 0.356 e. The standard InChI is InChI=1S/C35H39N9O9S2/c1-5-42-16-17-43(29(48)28(42)47)33(51)36-24(20(2)45)27(46)37-35(52-4)31(50)44-25(23(18-54-32(35)44)19-55-34-38-39-40-41(34)3)30(49)53-26(21-12-8-6-9-13-21)22-14-10-7-11-15-22/h6-15,20,24,26,32,45H,5,16-19H2,1-4H3,(H,36,51)(H,37,46)/t20-,24+,32+,35-/m0/s1. The molecule has 2 fully saturated rings. The summed E-state index contributed by atoms with van der Waals surface area (Å²) >= 11 is 2.47. The fourth-order valence-electron chi connectivity index (χ4n) is 6.33. The van der Waals surface area contributed by atoms with Crippen LogP contribution in [0.5, 0.6) is 0 Å². The van der Waals surface area contributed by atoms with Crippen molar-refractivity contribution in [3.8, 4) is 0 Å². The van der Waals surface area contributed by atoms with Crippen molar-refractivity contribution in [1.82, 2.24) is 45.5 Å². The SMILES string of the molecule is CCN1CCN(C(=O)N[C@@H](C(=O)N[C@]2(OC)C(=O)N3C(C(=O)OC(c4ccccc4)c4ccccc4)=C(CSc4nnnn4C)CS[C@@H]32)[C@H](C)O)C(=O)C1=O. The number of imide groups is 1. The van der Waals surface area contributed by atoms with Crippen LogP contribution in [0, 0.1) is 0 Å². The average Bonchev–Trinajstić information content (AvgIpc) is 3.61. The van der Waals surface area contributed by atoms with Crippen molar-refractivity contribution in [3.05, 3.63) is 83.1 Å². The summed E-state index contributed by atoms with van der Waals surface area (Å²) in [7, 11) is 2.88. The molecule has 290 valence electrons. The van der Waals surface area contributed by atoms with Gasteiger partial charge in [0.05, 0.1) is 6.10 Å². The van der Waals surface area contributed by atoms with Gasteiger partial charge in [-0.05, 0) is 41.0 Å². The number of ether oxygens (including phenoxy) is 2. The van der Waals surface area contributed by atoms with E-state index in [1.54, 1.807) is 14.0 Å². The van der Waals surface area contributed by atoms with Crippen LogP contribution < -0.4 is 10.6 Å². The van der Waals surface area contributed by atoms with Crippen molar-refractivity contribution in [2.45, 2.75) is 48.4 Å². The molecule has 0 aliphatic carbocycles. The average molecular weight is 794 g/mol. The minimum atomic E-state index is -2.03. The van der Waals surface area contributed by atoms with Crippen LogP contribution in [0.25, 0.3) is 0 Å². The molecule has 0 saturated carbocycles. The molecule has 6 amide bonds. The molecule has 3 N–H and O–H groups in total. The molecule has 3 aliphatic heterocycles. The number of thioether (sulfide) groups is 2. The van der Waals surface area contributed by atoms with E-state index in [2.05, 4.69) is 26.2 Å². The van der Waals surface area contributed by atoms with E-state index >= 15 is 0 Å². The molecule has 6 rings (SSSR count). The molecule has 4 atom stereocenters. The number of amides is 6. The van der Waals surface area contributed by atoms with Gasteiger partial charge in [-0.3, -0.25) is 29.0 Å². The van der Waals surface area contributed by atoms with Gasteiger partial charge in [0.1, 0.15) is 17.1 Å². The number of nitrogens with zero attached hydrogens (tertiary/aromatic N) is 7. The summed E-state index contributed by atoms with van der Waals surface area (Å²) in [4.78, 5) is 83.8. The van der Waals surface area contributed by atoms with Gasteiger partial charge in [-0.25, -0.2) is 14.3 Å². The number of β-lactam (4-membered cyclic amide) rings is 1. The number of benzene rings is 2. The molecule has 55 heavy (non-hydrogen) atoms. The number of hydrogen-bond donors (Lipinski definition) is 3. The lowest BCUT2D eigenvalue weighted by molar-refractivity contribution is -0.193. The molecule has 3 aliphatic rings. The maximum absolute atomic E-state index is 14.4. The largest absolute Gasteiger partial charge is 0.448 e. The molecule has 18 nitrogen and oxygen atoms in total. The molecule has 20 heteroatoms. The van der Waals surface area contributed by atoms with E-state index in [-0.39, 0.29) is 36.8 Å². The van der Waals surface area contributed by atoms with Crippen molar-refractivity contribution in [3.63, 3.8) is 0 Å². The Morgan fingerprint density at radius 1 is 1.04 bits per heavy atom. The van der Waals surface area contributed by atoms with E-state index in [4.69, 9.17) is 9.47 Å². The van der Waals surface area contributed by atoms with Gasteiger partial charge in [-0.15, -0.1) is 16.9 Å². The van der Waals surface area contributed by atoms with E-state index in [1.165, 1.54) is 52.0 Å². The Balaban J connectivity index is 1.27. The van der Waals surface area contributed by atoms with Gasteiger partial charge in [0.25, 0.3) is 11.6 Å². The van der Waals surface area contributed by atoms with Gasteiger partial charge >= 0.3 is 23.8 Å². The predicted molar refractivity (Wildman–Crippen MR) is 196 cm³/mol. The van der Waals surface area contributed by atoms with Crippen LogP contribution in [-0.2, 0) is 40.5 Å². The zero-order valence-corrected chi connectivity index (χ0v) is 31.9. The van der Waals surface area contributed by atoms with E-state index in [0.29, 0.717) is 26.8 Å². The van der Waals surface area contributed by atoms with Crippen LogP contribution in [0.4, 0.5) is 4.79 Å². The van der Waals surface area contributed by atoms with Crippen LogP contribution in [0.2, 0.25) is 0 Å². The summed E-state index contributed by atoms with van der Waals surface area (Å²) in [6.07, 6.45) is -2.35. The normalized spacial score (nSPS) is 20.9. The van der Waals surface area contributed by atoms with Crippen molar-refractivity contribution in [2.24, 2.45) is 7.05 Å². The first-order valence-electron chi connectivity index (χ1n) is 17.2. The first kappa shape index (κ1) is 39.4. The summed E-state index contributed by atoms with van der Waals surface area (Å²) < 4.78 is 13.4. The highest BCUT2D eigenvalue weighted by atomic mass is 32.2. The Bertz CT molecular complexity index is 1960. The number of piperazine rings is 1. The second kappa shape index (κ2) is 16.6. The number of hydrogen-bond acceptors (Lipinski definition) is 14. The van der Waals surface area contributed by atoms with Crippen LogP contribution in [0.15, 0.2) is 77.1 Å². The number of carbonyl (C=O) groups excluding carboxylic acids is 6. The molecule has 0 spiro atoms. The minimum absolute atomic E-state index is 0.0371. The third-order valence-corrected chi connectivity index (χ3v) is 11.8. The smallest absolute Gasteiger partial charge is 0.356 e. The summed E-state index contributed by atoms with van der Waals surface area (Å²) in [5, 5.41) is 26.5. The van der Waals surface area contributed by atoms with Gasteiger partial charge < -0.3 is 30.1 Å². The monoisotopic (exact) mass is 793 g/mol. The lowest BCUT2D eigenvalue weighted by Gasteiger charge is -2.56. The molecule has 3 aromatic rings. The zero-order chi connectivity index (χ0) is 39.4. The fraction of sp³-hybridized carbons (Fsp3) is 0.400. The third kappa shape index (κ3) is 7.66.